The number of carbonyl (C=O) groups excluding carboxylic acids is 1. The second kappa shape index (κ2) is 6.41. The molecule has 0 saturated carbocycles. The molecule has 1 fully saturated rings. The van der Waals surface area contributed by atoms with E-state index in [9.17, 15) is 9.18 Å². The van der Waals surface area contributed by atoms with Crippen molar-refractivity contribution in [3.63, 3.8) is 0 Å². The number of methoxy groups -OCH3 is 1. The molecule has 2 heterocycles. The van der Waals surface area contributed by atoms with E-state index in [0.29, 0.717) is 22.1 Å². The zero-order valence-corrected chi connectivity index (χ0v) is 12.9. The number of aromatic nitrogens is 1. The third kappa shape index (κ3) is 3.10. The number of thiazole rings is 1. The maximum atomic E-state index is 13.4. The highest BCUT2D eigenvalue weighted by molar-refractivity contribution is 7.14. The normalized spacial score (nSPS) is 17.5. The molecule has 116 valence electrons. The molecular weight excluding hydrogens is 305 g/mol. The summed E-state index contributed by atoms with van der Waals surface area (Å²) in [6.07, 6.45) is 1.84. The van der Waals surface area contributed by atoms with Gasteiger partial charge in [0.05, 0.1) is 18.8 Å². The number of halogens is 1. The van der Waals surface area contributed by atoms with Crippen LogP contribution in [0.5, 0.6) is 5.75 Å². The van der Waals surface area contributed by atoms with Crippen molar-refractivity contribution in [2.45, 2.75) is 18.9 Å². The molecule has 2 aromatic rings. The molecule has 0 radical (unpaired) electrons. The van der Waals surface area contributed by atoms with Gasteiger partial charge in [-0.15, -0.1) is 11.3 Å². The maximum Gasteiger partial charge on any atom is 0.243 e. The van der Waals surface area contributed by atoms with Crippen LogP contribution >= 0.6 is 11.3 Å². The minimum absolute atomic E-state index is 0.0791. The smallest absolute Gasteiger partial charge is 0.243 e. The molecule has 0 spiro atoms. The van der Waals surface area contributed by atoms with Crippen LogP contribution in [0, 0.1) is 5.82 Å². The fourth-order valence-electron chi connectivity index (χ4n) is 2.44. The van der Waals surface area contributed by atoms with E-state index >= 15 is 0 Å². The van der Waals surface area contributed by atoms with E-state index < -0.39 is 0 Å². The summed E-state index contributed by atoms with van der Waals surface area (Å²) in [7, 11) is 1.53. The van der Waals surface area contributed by atoms with Gasteiger partial charge in [-0.25, -0.2) is 9.37 Å². The molecule has 5 nitrogen and oxygen atoms in total. The summed E-state index contributed by atoms with van der Waals surface area (Å²) in [5.74, 6) is 0.108. The number of amides is 1. The molecule has 3 rings (SSSR count). The maximum absolute atomic E-state index is 13.4. The Bertz CT molecular complexity index is 683. The van der Waals surface area contributed by atoms with Crippen molar-refractivity contribution in [1.29, 1.82) is 0 Å². The third-order valence-corrected chi connectivity index (χ3v) is 4.31. The van der Waals surface area contributed by atoms with E-state index in [1.165, 1.54) is 30.6 Å². The second-order valence-corrected chi connectivity index (χ2v) is 5.88. The summed E-state index contributed by atoms with van der Waals surface area (Å²) in [5.41, 5.74) is 1.15. The lowest BCUT2D eigenvalue weighted by Gasteiger charge is -2.08. The number of rotatable bonds is 4. The molecule has 22 heavy (non-hydrogen) atoms. The van der Waals surface area contributed by atoms with Gasteiger partial charge in [-0.3, -0.25) is 4.79 Å². The van der Waals surface area contributed by atoms with Crippen LogP contribution in [0.25, 0.3) is 11.3 Å². The highest BCUT2D eigenvalue weighted by atomic mass is 32.1. The Kier molecular flexibility index (Phi) is 4.35. The number of benzene rings is 1. The molecule has 1 unspecified atom stereocenters. The minimum atomic E-state index is -0.357. The standard InChI is InChI=1S/C15H16FN3O2S/c1-21-13-5-4-9(16)7-10(13)12-8-22-15(18-12)19-14(20)11-3-2-6-17-11/h4-5,7-8,11,17H,2-3,6H2,1H3,(H,18,19,20). The quantitative estimate of drug-likeness (QED) is 0.909. The molecular formula is C15H16FN3O2S. The van der Waals surface area contributed by atoms with Gasteiger partial charge in [0.25, 0.3) is 0 Å². The van der Waals surface area contributed by atoms with Gasteiger partial charge < -0.3 is 15.4 Å². The molecule has 1 amide bonds. The Morgan fingerprint density at radius 3 is 3.14 bits per heavy atom. The molecule has 0 bridgehead atoms. The number of nitrogens with zero attached hydrogens (tertiary/aromatic N) is 1. The van der Waals surface area contributed by atoms with E-state index in [0.717, 1.165) is 19.4 Å². The number of anilines is 1. The number of ether oxygens (including phenoxy) is 1. The summed E-state index contributed by atoms with van der Waals surface area (Å²) >= 11 is 1.31. The second-order valence-electron chi connectivity index (χ2n) is 5.02. The SMILES string of the molecule is COc1ccc(F)cc1-c1csc(NC(=O)C2CCCN2)n1. The van der Waals surface area contributed by atoms with Gasteiger partial charge in [-0.1, -0.05) is 0 Å². The van der Waals surface area contributed by atoms with Gasteiger partial charge in [0.15, 0.2) is 5.13 Å². The zero-order valence-electron chi connectivity index (χ0n) is 12.1. The predicted octanol–water partition coefficient (Wildman–Crippen LogP) is 2.65. The molecule has 1 aliphatic rings. The lowest BCUT2D eigenvalue weighted by molar-refractivity contribution is -0.117. The summed E-state index contributed by atoms with van der Waals surface area (Å²) < 4.78 is 18.7. The number of hydrogen-bond donors (Lipinski definition) is 2. The summed E-state index contributed by atoms with van der Waals surface area (Å²) in [6.45, 7) is 0.863. The van der Waals surface area contributed by atoms with Crippen LogP contribution in [-0.2, 0) is 4.79 Å². The van der Waals surface area contributed by atoms with Crippen molar-refractivity contribution < 1.29 is 13.9 Å². The first-order valence-corrected chi connectivity index (χ1v) is 7.89. The average Bonchev–Trinajstić information content (AvgIpc) is 3.18. The predicted molar refractivity (Wildman–Crippen MR) is 83.7 cm³/mol. The number of hydrogen-bond acceptors (Lipinski definition) is 5. The van der Waals surface area contributed by atoms with Crippen molar-refractivity contribution >= 4 is 22.4 Å². The summed E-state index contributed by atoms with van der Waals surface area (Å²) in [5, 5.41) is 8.21. The lowest BCUT2D eigenvalue weighted by Crippen LogP contribution is -2.35. The van der Waals surface area contributed by atoms with Crippen LogP contribution in [0.1, 0.15) is 12.8 Å². The van der Waals surface area contributed by atoms with E-state index in [1.807, 2.05) is 0 Å². The molecule has 1 aromatic heterocycles. The average molecular weight is 321 g/mol. The Hall–Kier alpha value is -1.99. The van der Waals surface area contributed by atoms with Crippen LogP contribution in [0.4, 0.5) is 9.52 Å². The van der Waals surface area contributed by atoms with Crippen molar-refractivity contribution in [2.24, 2.45) is 0 Å². The highest BCUT2D eigenvalue weighted by Gasteiger charge is 2.23. The van der Waals surface area contributed by atoms with Gasteiger partial charge in [0.1, 0.15) is 11.6 Å². The molecule has 1 atom stereocenters. The molecule has 1 saturated heterocycles. The Balaban J connectivity index is 1.79. The van der Waals surface area contributed by atoms with Crippen LogP contribution in [0.2, 0.25) is 0 Å². The van der Waals surface area contributed by atoms with Crippen molar-refractivity contribution in [3.05, 3.63) is 29.4 Å². The Labute approximate surface area is 131 Å². The Morgan fingerprint density at radius 1 is 1.55 bits per heavy atom. The van der Waals surface area contributed by atoms with Gasteiger partial charge in [-0.05, 0) is 37.6 Å². The molecule has 0 aliphatic carbocycles. The zero-order chi connectivity index (χ0) is 15.5. The minimum Gasteiger partial charge on any atom is -0.496 e. The monoisotopic (exact) mass is 321 g/mol. The fourth-order valence-corrected chi connectivity index (χ4v) is 3.15. The van der Waals surface area contributed by atoms with E-state index in [-0.39, 0.29) is 17.8 Å². The van der Waals surface area contributed by atoms with E-state index in [2.05, 4.69) is 15.6 Å². The van der Waals surface area contributed by atoms with Crippen molar-refractivity contribution in [1.82, 2.24) is 10.3 Å². The molecule has 1 aliphatic heterocycles. The first-order valence-electron chi connectivity index (χ1n) is 7.01. The first kappa shape index (κ1) is 14.9. The van der Waals surface area contributed by atoms with Crippen LogP contribution in [0.3, 0.4) is 0 Å². The summed E-state index contributed by atoms with van der Waals surface area (Å²) in [6, 6.07) is 4.11. The Morgan fingerprint density at radius 2 is 2.41 bits per heavy atom. The third-order valence-electron chi connectivity index (χ3n) is 3.55. The molecule has 7 heteroatoms. The van der Waals surface area contributed by atoms with Gasteiger partial charge in [0.2, 0.25) is 5.91 Å². The van der Waals surface area contributed by atoms with Crippen LogP contribution < -0.4 is 15.4 Å². The molecule has 2 N–H and O–H groups in total. The van der Waals surface area contributed by atoms with Crippen molar-refractivity contribution in [3.8, 4) is 17.0 Å². The lowest BCUT2D eigenvalue weighted by atomic mass is 10.1. The van der Waals surface area contributed by atoms with Crippen LogP contribution in [0.15, 0.2) is 23.6 Å². The first-order chi connectivity index (χ1) is 10.7. The van der Waals surface area contributed by atoms with Gasteiger partial charge >= 0.3 is 0 Å². The van der Waals surface area contributed by atoms with Gasteiger partial charge in [-0.2, -0.15) is 0 Å². The highest BCUT2D eigenvalue weighted by Crippen LogP contribution is 2.32. The largest absolute Gasteiger partial charge is 0.496 e. The number of carbonyl (C=O) groups is 1. The molecule has 1 aromatic carbocycles. The topological polar surface area (TPSA) is 63.2 Å². The van der Waals surface area contributed by atoms with E-state index in [4.69, 9.17) is 4.74 Å². The van der Waals surface area contributed by atoms with Gasteiger partial charge in [0, 0.05) is 10.9 Å². The fraction of sp³-hybridized carbons (Fsp3) is 0.333. The van der Waals surface area contributed by atoms with E-state index in [1.54, 1.807) is 11.4 Å². The van der Waals surface area contributed by atoms with Crippen LogP contribution in [-0.4, -0.2) is 30.6 Å². The van der Waals surface area contributed by atoms with Crippen molar-refractivity contribution in [2.75, 3.05) is 19.0 Å². The summed E-state index contributed by atoms with van der Waals surface area (Å²) in [4.78, 5) is 16.4. The number of nitrogens with one attached hydrogen (secondary N) is 2.